The Hall–Kier alpha value is -0.380. The lowest BCUT2D eigenvalue weighted by atomic mass is 10.0. The smallest absolute Gasteiger partial charge is 0.0885 e. The van der Waals surface area contributed by atoms with E-state index in [1.54, 1.807) is 11.3 Å². The topological polar surface area (TPSA) is 29.5 Å². The van der Waals surface area contributed by atoms with Crippen LogP contribution in [0.4, 0.5) is 0 Å². The normalized spacial score (nSPS) is 22.6. The Morgan fingerprint density at radius 1 is 1.47 bits per heavy atom. The van der Waals surface area contributed by atoms with Crippen LogP contribution in [0.5, 0.6) is 0 Å². The highest BCUT2D eigenvalue weighted by atomic mass is 32.1. The molecule has 1 saturated heterocycles. The molecule has 2 atom stereocenters. The average molecular weight is 254 g/mol. The Bertz CT molecular complexity index is 353. The lowest BCUT2D eigenvalue weighted by molar-refractivity contribution is 0.00232. The highest BCUT2D eigenvalue weighted by molar-refractivity contribution is 7.12. The van der Waals surface area contributed by atoms with Crippen molar-refractivity contribution in [2.45, 2.75) is 58.2 Å². The van der Waals surface area contributed by atoms with Gasteiger partial charge in [0.15, 0.2) is 0 Å². The Morgan fingerprint density at radius 3 is 2.88 bits per heavy atom. The van der Waals surface area contributed by atoms with Crippen molar-refractivity contribution < 1.29 is 9.84 Å². The van der Waals surface area contributed by atoms with E-state index in [0.29, 0.717) is 6.10 Å². The molecule has 3 heteroatoms. The molecular weight excluding hydrogens is 232 g/mol. The molecule has 0 bridgehead atoms. The zero-order chi connectivity index (χ0) is 12.3. The minimum Gasteiger partial charge on any atom is -0.388 e. The average Bonchev–Trinajstić information content (AvgIpc) is 2.67. The Morgan fingerprint density at radius 2 is 2.29 bits per heavy atom. The number of aliphatic hydroxyl groups is 1. The molecule has 2 rings (SSSR count). The number of hydrogen-bond acceptors (Lipinski definition) is 3. The van der Waals surface area contributed by atoms with Gasteiger partial charge in [-0.1, -0.05) is 0 Å². The van der Waals surface area contributed by atoms with Crippen LogP contribution in [0.3, 0.4) is 0 Å². The van der Waals surface area contributed by atoms with Crippen molar-refractivity contribution in [3.8, 4) is 0 Å². The van der Waals surface area contributed by atoms with Crippen molar-refractivity contribution in [3.05, 3.63) is 21.4 Å². The largest absolute Gasteiger partial charge is 0.388 e. The van der Waals surface area contributed by atoms with Crippen molar-refractivity contribution in [3.63, 3.8) is 0 Å². The number of aliphatic hydroxyl groups excluding tert-OH is 1. The summed E-state index contributed by atoms with van der Waals surface area (Å²) in [4.78, 5) is 2.42. The molecule has 0 aliphatic carbocycles. The number of ether oxygens (including phenoxy) is 1. The third-order valence-corrected chi connectivity index (χ3v) is 4.67. The molecule has 96 valence electrons. The van der Waals surface area contributed by atoms with Gasteiger partial charge in [0.1, 0.15) is 0 Å². The van der Waals surface area contributed by atoms with Crippen LogP contribution in [-0.2, 0) is 4.74 Å². The van der Waals surface area contributed by atoms with Crippen LogP contribution in [0.15, 0.2) is 6.07 Å². The summed E-state index contributed by atoms with van der Waals surface area (Å²) in [6.45, 7) is 5.08. The quantitative estimate of drug-likeness (QED) is 0.886. The number of aryl methyl sites for hydroxylation is 2. The molecule has 1 aliphatic rings. The Balaban J connectivity index is 1.84. The predicted octanol–water partition coefficient (Wildman–Crippen LogP) is 3.75. The lowest BCUT2D eigenvalue weighted by Crippen LogP contribution is -2.19. The molecule has 17 heavy (non-hydrogen) atoms. The number of rotatable bonds is 4. The monoisotopic (exact) mass is 254 g/mol. The van der Waals surface area contributed by atoms with E-state index in [2.05, 4.69) is 19.9 Å². The van der Waals surface area contributed by atoms with Gasteiger partial charge in [-0.15, -0.1) is 11.3 Å². The predicted molar refractivity (Wildman–Crippen MR) is 71.6 cm³/mol. The van der Waals surface area contributed by atoms with Crippen LogP contribution in [0.2, 0.25) is 0 Å². The molecular formula is C14H22O2S. The number of hydrogen-bond donors (Lipinski definition) is 1. The van der Waals surface area contributed by atoms with Crippen LogP contribution in [0.1, 0.15) is 53.5 Å². The standard InChI is InChI=1S/C14H22O2S/c1-10-9-11(2)17-14(10)13(15)7-6-12-5-3-4-8-16-12/h9,12-13,15H,3-8H2,1-2H3. The molecule has 1 N–H and O–H groups in total. The van der Waals surface area contributed by atoms with Crippen molar-refractivity contribution >= 4 is 11.3 Å². The second-order valence-electron chi connectivity index (χ2n) is 4.99. The third-order valence-electron chi connectivity index (χ3n) is 3.42. The summed E-state index contributed by atoms with van der Waals surface area (Å²) in [7, 11) is 0. The highest BCUT2D eigenvalue weighted by Gasteiger charge is 2.18. The van der Waals surface area contributed by atoms with E-state index in [1.807, 2.05) is 0 Å². The molecule has 0 aromatic carbocycles. The molecule has 0 saturated carbocycles. The van der Waals surface area contributed by atoms with Gasteiger partial charge in [-0.05, 0) is 57.6 Å². The zero-order valence-corrected chi connectivity index (χ0v) is 11.6. The van der Waals surface area contributed by atoms with E-state index in [1.165, 1.54) is 23.3 Å². The highest BCUT2D eigenvalue weighted by Crippen LogP contribution is 2.31. The van der Waals surface area contributed by atoms with Crippen LogP contribution in [0.25, 0.3) is 0 Å². The maximum Gasteiger partial charge on any atom is 0.0885 e. The molecule has 2 heterocycles. The van der Waals surface area contributed by atoms with Gasteiger partial charge in [-0.25, -0.2) is 0 Å². The minimum absolute atomic E-state index is 0.306. The van der Waals surface area contributed by atoms with E-state index in [9.17, 15) is 5.11 Å². The van der Waals surface area contributed by atoms with Gasteiger partial charge < -0.3 is 9.84 Å². The summed E-state index contributed by atoms with van der Waals surface area (Å²) in [5.74, 6) is 0. The second kappa shape index (κ2) is 5.98. The Labute approximate surface area is 108 Å². The number of thiophene rings is 1. The molecule has 1 fully saturated rings. The lowest BCUT2D eigenvalue weighted by Gasteiger charge is -2.23. The maximum absolute atomic E-state index is 10.2. The molecule has 2 unspecified atom stereocenters. The van der Waals surface area contributed by atoms with E-state index < -0.39 is 0 Å². The van der Waals surface area contributed by atoms with E-state index in [4.69, 9.17) is 4.74 Å². The minimum atomic E-state index is -0.306. The van der Waals surface area contributed by atoms with Gasteiger partial charge in [0.25, 0.3) is 0 Å². The van der Waals surface area contributed by atoms with E-state index in [-0.39, 0.29) is 6.10 Å². The zero-order valence-electron chi connectivity index (χ0n) is 10.7. The van der Waals surface area contributed by atoms with Crippen molar-refractivity contribution in [2.24, 2.45) is 0 Å². The molecule has 0 amide bonds. The van der Waals surface area contributed by atoms with Gasteiger partial charge in [0.2, 0.25) is 0 Å². The first-order valence-corrected chi connectivity index (χ1v) is 7.35. The van der Waals surface area contributed by atoms with Crippen LogP contribution in [-0.4, -0.2) is 17.8 Å². The fourth-order valence-electron chi connectivity index (χ4n) is 2.50. The summed E-state index contributed by atoms with van der Waals surface area (Å²) in [5.41, 5.74) is 1.23. The fourth-order valence-corrected chi connectivity index (χ4v) is 3.56. The summed E-state index contributed by atoms with van der Waals surface area (Å²) in [6, 6.07) is 2.15. The van der Waals surface area contributed by atoms with Gasteiger partial charge in [-0.3, -0.25) is 0 Å². The van der Waals surface area contributed by atoms with E-state index >= 15 is 0 Å². The van der Waals surface area contributed by atoms with Gasteiger partial charge in [0.05, 0.1) is 12.2 Å². The first-order valence-electron chi connectivity index (χ1n) is 6.53. The van der Waals surface area contributed by atoms with Gasteiger partial charge in [0, 0.05) is 16.4 Å². The van der Waals surface area contributed by atoms with Crippen molar-refractivity contribution in [1.82, 2.24) is 0 Å². The summed E-state index contributed by atoms with van der Waals surface area (Å²) in [6.07, 6.45) is 5.51. The van der Waals surface area contributed by atoms with Gasteiger partial charge >= 0.3 is 0 Å². The van der Waals surface area contributed by atoms with Crippen LogP contribution in [0, 0.1) is 13.8 Å². The molecule has 0 spiro atoms. The maximum atomic E-state index is 10.2. The van der Waals surface area contributed by atoms with Gasteiger partial charge in [-0.2, -0.15) is 0 Å². The molecule has 1 aliphatic heterocycles. The molecule has 2 nitrogen and oxygen atoms in total. The van der Waals surface area contributed by atoms with Crippen LogP contribution < -0.4 is 0 Å². The first-order chi connectivity index (χ1) is 8.16. The molecule has 1 aromatic rings. The second-order valence-corrected chi connectivity index (χ2v) is 6.27. The summed E-state index contributed by atoms with van der Waals surface area (Å²) >= 11 is 1.72. The molecule has 1 aromatic heterocycles. The van der Waals surface area contributed by atoms with Crippen molar-refractivity contribution in [2.75, 3.05) is 6.61 Å². The SMILES string of the molecule is Cc1cc(C)c(C(O)CCC2CCCCO2)s1. The fraction of sp³-hybridized carbons (Fsp3) is 0.714. The Kier molecular flexibility index (Phi) is 4.60. The van der Waals surface area contributed by atoms with Crippen LogP contribution >= 0.6 is 11.3 Å². The van der Waals surface area contributed by atoms with Crippen molar-refractivity contribution in [1.29, 1.82) is 0 Å². The van der Waals surface area contributed by atoms with E-state index in [0.717, 1.165) is 30.7 Å². The first kappa shape index (κ1) is 13.1. The third kappa shape index (κ3) is 3.54. The molecule has 0 radical (unpaired) electrons. The summed E-state index contributed by atoms with van der Waals surface area (Å²) < 4.78 is 5.69. The summed E-state index contributed by atoms with van der Waals surface area (Å²) in [5, 5.41) is 10.2.